The van der Waals surface area contributed by atoms with E-state index in [0.717, 1.165) is 16.5 Å². The van der Waals surface area contributed by atoms with Gasteiger partial charge in [-0.25, -0.2) is 0 Å². The van der Waals surface area contributed by atoms with E-state index in [1.54, 1.807) is 66.7 Å². The number of amides is 1. The van der Waals surface area contributed by atoms with Gasteiger partial charge in [-0.3, -0.25) is 33.3 Å². The molecule has 12 heteroatoms. The van der Waals surface area contributed by atoms with Crippen molar-refractivity contribution in [2.45, 2.75) is 51.0 Å². The fourth-order valence-electron chi connectivity index (χ4n) is 6.57. The number of esters is 1. The second-order valence-corrected chi connectivity index (χ2v) is 12.5. The van der Waals surface area contributed by atoms with Crippen molar-refractivity contribution >= 4 is 40.3 Å². The summed E-state index contributed by atoms with van der Waals surface area (Å²) in [7, 11) is 0. The zero-order valence-corrected chi connectivity index (χ0v) is 27.6. The normalized spacial score (nSPS) is 15.1. The number of ketones is 2. The number of aromatic nitrogens is 2. The quantitative estimate of drug-likeness (QED) is 0.0811. The van der Waals surface area contributed by atoms with Gasteiger partial charge in [-0.1, -0.05) is 78.9 Å². The van der Waals surface area contributed by atoms with Crippen LogP contribution in [0, 0.1) is 5.92 Å². The van der Waals surface area contributed by atoms with Gasteiger partial charge in [-0.2, -0.15) is 0 Å². The number of aromatic amines is 1. The van der Waals surface area contributed by atoms with E-state index in [9.17, 15) is 39.0 Å². The Kier molecular flexibility index (Phi) is 10.1. The van der Waals surface area contributed by atoms with Crippen molar-refractivity contribution in [3.05, 3.63) is 130 Å². The minimum Gasteiger partial charge on any atom is -0.481 e. The van der Waals surface area contributed by atoms with E-state index in [0.29, 0.717) is 22.5 Å². The Morgan fingerprint density at radius 2 is 1.55 bits per heavy atom. The molecule has 5 aromatic rings. The molecular formula is C39H35N3O9. The van der Waals surface area contributed by atoms with Crippen LogP contribution < -0.4 is 10.9 Å². The molecule has 0 radical (unpaired) electrons. The summed E-state index contributed by atoms with van der Waals surface area (Å²) in [6, 6.07) is 24.6. The molecule has 3 heterocycles. The first-order valence-corrected chi connectivity index (χ1v) is 16.4. The molecular weight excluding hydrogens is 654 g/mol. The lowest BCUT2D eigenvalue weighted by molar-refractivity contribution is -0.160. The lowest BCUT2D eigenvalue weighted by atomic mass is 9.87. The van der Waals surface area contributed by atoms with Crippen LogP contribution in [0.1, 0.15) is 46.4 Å². The highest BCUT2D eigenvalue weighted by Gasteiger charge is 2.42. The fraction of sp³-hybridized carbons (Fsp3) is 0.231. The SMILES string of the molecule is CC(=O)c1ccc2n(c1=O)C(C(O)C(=O)[C@H](CC(C(=O)O)C(=O)OCc1ccccc1)NC(=O)Cc1ccccc1)Cc1c-2[nH]c2ccccc12. The zero-order chi connectivity index (χ0) is 36.2. The van der Waals surface area contributed by atoms with Gasteiger partial charge in [0.2, 0.25) is 5.91 Å². The van der Waals surface area contributed by atoms with Crippen LogP contribution in [0.5, 0.6) is 0 Å². The standard InChI is InChI=1S/C39H35N3O9/c1-22(43)25-16-17-31-34-27(26-14-8-9-15-29(26)41-34)20-32(42(31)37(25)47)36(46)35(45)30(40-33(44)18-23-10-4-2-5-11-23)19-28(38(48)49)39(50)51-21-24-12-6-3-7-13-24/h2-17,28,30,32,36,41,46H,18-21H2,1H3,(H,40,44)(H,48,49)/t28?,30-,32?,36?/m0/s1. The molecule has 6 rings (SSSR count). The van der Waals surface area contributed by atoms with E-state index in [4.69, 9.17) is 4.74 Å². The Morgan fingerprint density at radius 3 is 2.22 bits per heavy atom. The molecule has 0 fully saturated rings. The van der Waals surface area contributed by atoms with Crippen molar-refractivity contribution in [2.24, 2.45) is 5.92 Å². The maximum Gasteiger partial charge on any atom is 0.320 e. The van der Waals surface area contributed by atoms with Gasteiger partial charge in [0, 0.05) is 10.9 Å². The number of aliphatic carboxylic acids is 1. The second kappa shape index (κ2) is 14.8. The van der Waals surface area contributed by atoms with Gasteiger partial charge < -0.3 is 25.3 Å². The Bertz CT molecular complexity index is 2190. The summed E-state index contributed by atoms with van der Waals surface area (Å²) >= 11 is 0. The minimum atomic E-state index is -1.98. The number of para-hydroxylation sites is 1. The van der Waals surface area contributed by atoms with E-state index in [1.807, 2.05) is 24.3 Å². The number of pyridine rings is 1. The lowest BCUT2D eigenvalue weighted by Crippen LogP contribution is -2.52. The predicted molar refractivity (Wildman–Crippen MR) is 186 cm³/mol. The van der Waals surface area contributed by atoms with E-state index >= 15 is 0 Å². The number of hydrogen-bond donors (Lipinski definition) is 4. The van der Waals surface area contributed by atoms with Crippen LogP contribution in [0.4, 0.5) is 0 Å². The van der Waals surface area contributed by atoms with Gasteiger partial charge >= 0.3 is 11.9 Å². The molecule has 4 atom stereocenters. The highest BCUT2D eigenvalue weighted by atomic mass is 16.5. The number of carbonyl (C=O) groups excluding carboxylic acids is 4. The zero-order valence-electron chi connectivity index (χ0n) is 27.6. The predicted octanol–water partition coefficient (Wildman–Crippen LogP) is 3.79. The van der Waals surface area contributed by atoms with E-state index < -0.39 is 65.5 Å². The summed E-state index contributed by atoms with van der Waals surface area (Å²) < 4.78 is 6.49. The second-order valence-electron chi connectivity index (χ2n) is 12.5. The van der Waals surface area contributed by atoms with Gasteiger partial charge in [-0.15, -0.1) is 0 Å². The molecule has 3 unspecified atom stereocenters. The average molecular weight is 690 g/mol. The Balaban J connectivity index is 1.35. The smallest absolute Gasteiger partial charge is 0.320 e. The molecule has 2 aromatic heterocycles. The Morgan fingerprint density at radius 1 is 0.902 bits per heavy atom. The van der Waals surface area contributed by atoms with Crippen LogP contribution in [0.3, 0.4) is 0 Å². The summed E-state index contributed by atoms with van der Waals surface area (Å²) in [5, 5.41) is 25.3. The Hall–Kier alpha value is -6.14. The molecule has 1 aliphatic rings. The number of aliphatic hydroxyl groups is 1. The molecule has 1 aliphatic heterocycles. The van der Waals surface area contributed by atoms with Crippen molar-refractivity contribution in [3.63, 3.8) is 0 Å². The number of H-pyrrole nitrogens is 1. The summed E-state index contributed by atoms with van der Waals surface area (Å²) in [5.74, 6) is -6.80. The van der Waals surface area contributed by atoms with Crippen molar-refractivity contribution in [1.29, 1.82) is 0 Å². The van der Waals surface area contributed by atoms with Crippen molar-refractivity contribution < 1.29 is 38.9 Å². The molecule has 4 N–H and O–H groups in total. The van der Waals surface area contributed by atoms with Crippen LogP contribution >= 0.6 is 0 Å². The molecule has 0 bridgehead atoms. The van der Waals surface area contributed by atoms with Crippen LogP contribution in [0.15, 0.2) is 102 Å². The number of aliphatic hydroxyl groups excluding tert-OH is 1. The maximum absolute atomic E-state index is 14.3. The van der Waals surface area contributed by atoms with Crippen molar-refractivity contribution in [3.8, 4) is 11.4 Å². The highest BCUT2D eigenvalue weighted by Crippen LogP contribution is 2.39. The third kappa shape index (κ3) is 7.26. The molecule has 0 aliphatic carbocycles. The number of nitrogens with zero attached hydrogens (tertiary/aromatic N) is 1. The number of carboxylic acid groups (broad SMARTS) is 1. The molecule has 260 valence electrons. The number of carboxylic acids is 1. The largest absolute Gasteiger partial charge is 0.481 e. The molecule has 3 aromatic carbocycles. The first-order valence-electron chi connectivity index (χ1n) is 16.4. The fourth-order valence-corrected chi connectivity index (χ4v) is 6.57. The Labute approximate surface area is 291 Å². The topological polar surface area (TPSA) is 185 Å². The summed E-state index contributed by atoms with van der Waals surface area (Å²) in [4.78, 5) is 82.7. The van der Waals surface area contributed by atoms with Crippen LogP contribution in [-0.2, 0) is 43.4 Å². The number of nitrogens with one attached hydrogen (secondary N) is 2. The number of ether oxygens (including phenoxy) is 1. The number of Topliss-reactive ketones (excluding diaryl/α,β-unsaturated/α-hetero) is 2. The third-order valence-electron chi connectivity index (χ3n) is 9.13. The van der Waals surface area contributed by atoms with E-state index in [1.165, 1.54) is 17.6 Å². The summed E-state index contributed by atoms with van der Waals surface area (Å²) in [6.45, 7) is 1.01. The van der Waals surface area contributed by atoms with E-state index in [-0.39, 0.29) is 25.0 Å². The number of rotatable bonds is 13. The van der Waals surface area contributed by atoms with Crippen LogP contribution in [-0.4, -0.2) is 61.3 Å². The molecule has 51 heavy (non-hydrogen) atoms. The van der Waals surface area contributed by atoms with Gasteiger partial charge in [0.25, 0.3) is 5.56 Å². The minimum absolute atomic E-state index is 0.0212. The molecule has 0 saturated carbocycles. The number of benzene rings is 3. The number of fused-ring (bicyclic) bond motifs is 5. The molecule has 0 saturated heterocycles. The van der Waals surface area contributed by atoms with Crippen molar-refractivity contribution in [2.75, 3.05) is 0 Å². The molecule has 0 spiro atoms. The monoisotopic (exact) mass is 689 g/mol. The van der Waals surface area contributed by atoms with Crippen molar-refractivity contribution in [1.82, 2.24) is 14.9 Å². The molecule has 12 nitrogen and oxygen atoms in total. The molecule has 1 amide bonds. The third-order valence-corrected chi connectivity index (χ3v) is 9.13. The number of carbonyl (C=O) groups is 5. The van der Waals surface area contributed by atoms with Gasteiger partial charge in [0.05, 0.1) is 35.5 Å². The summed E-state index contributed by atoms with van der Waals surface area (Å²) in [5.41, 5.74) is 2.72. The highest BCUT2D eigenvalue weighted by molar-refractivity contribution is 5.98. The maximum atomic E-state index is 14.3. The van der Waals surface area contributed by atoms with E-state index in [2.05, 4.69) is 10.3 Å². The first kappa shape index (κ1) is 34.7. The number of hydrogen-bond acceptors (Lipinski definition) is 8. The summed E-state index contributed by atoms with van der Waals surface area (Å²) in [6.07, 6.45) is -2.92. The first-order chi connectivity index (χ1) is 24.5. The lowest BCUT2D eigenvalue weighted by Gasteiger charge is -2.33. The van der Waals surface area contributed by atoms with Gasteiger partial charge in [-0.05, 0) is 54.7 Å². The van der Waals surface area contributed by atoms with Crippen LogP contribution in [0.25, 0.3) is 22.3 Å². The van der Waals surface area contributed by atoms with Gasteiger partial charge in [0.15, 0.2) is 17.5 Å². The van der Waals surface area contributed by atoms with Crippen LogP contribution in [0.2, 0.25) is 0 Å². The average Bonchev–Trinajstić information content (AvgIpc) is 3.51. The van der Waals surface area contributed by atoms with Gasteiger partial charge in [0.1, 0.15) is 12.7 Å².